The van der Waals surface area contributed by atoms with Gasteiger partial charge in [0.15, 0.2) is 5.69 Å². The van der Waals surface area contributed by atoms with Crippen molar-refractivity contribution < 1.29 is 21.6 Å². The summed E-state index contributed by atoms with van der Waals surface area (Å²) in [6.45, 7) is 2.45. The highest BCUT2D eigenvalue weighted by Gasteiger charge is 2.35. The number of sulfonamides is 1. The molecule has 30 heavy (non-hydrogen) atoms. The van der Waals surface area contributed by atoms with Crippen LogP contribution in [0.15, 0.2) is 65.6 Å². The predicted octanol–water partition coefficient (Wildman–Crippen LogP) is 4.18. The van der Waals surface area contributed by atoms with Gasteiger partial charge in [-0.1, -0.05) is 18.2 Å². The SMILES string of the molecule is CCn1c(-c2cc(C(F)(F)F)nn2-c2ccc(S(N)(=O)=O)cc2)cc2ccccc21. The molecule has 0 amide bonds. The summed E-state index contributed by atoms with van der Waals surface area (Å²) in [6, 6.07) is 15.5. The number of aromatic nitrogens is 3. The van der Waals surface area contributed by atoms with Crippen molar-refractivity contribution in [3.8, 4) is 17.1 Å². The number of primary sulfonamides is 1. The number of aryl methyl sites for hydroxylation is 1. The Labute approximate surface area is 170 Å². The first-order valence-electron chi connectivity index (χ1n) is 8.98. The third kappa shape index (κ3) is 3.48. The summed E-state index contributed by atoms with van der Waals surface area (Å²) in [4.78, 5) is -0.140. The zero-order valence-electron chi connectivity index (χ0n) is 15.8. The molecular formula is C20H17F3N4O2S. The molecule has 0 unspecified atom stereocenters. The summed E-state index contributed by atoms with van der Waals surface area (Å²) < 4.78 is 66.4. The lowest BCUT2D eigenvalue weighted by atomic mass is 10.2. The molecule has 0 spiro atoms. The lowest BCUT2D eigenvalue weighted by Crippen LogP contribution is -2.12. The number of alkyl halides is 3. The van der Waals surface area contributed by atoms with E-state index in [1.165, 1.54) is 24.3 Å². The molecular weight excluding hydrogens is 417 g/mol. The highest BCUT2D eigenvalue weighted by Crippen LogP contribution is 2.35. The molecule has 2 aromatic heterocycles. The number of halogens is 3. The second-order valence-electron chi connectivity index (χ2n) is 6.70. The summed E-state index contributed by atoms with van der Waals surface area (Å²) in [5.74, 6) is 0. The van der Waals surface area contributed by atoms with Crippen LogP contribution in [0.25, 0.3) is 28.0 Å². The van der Waals surface area contributed by atoms with E-state index in [1.54, 1.807) is 0 Å². The minimum absolute atomic E-state index is 0.140. The minimum Gasteiger partial charge on any atom is -0.340 e. The summed E-state index contributed by atoms with van der Waals surface area (Å²) in [5, 5.41) is 9.76. The Morgan fingerprint density at radius 3 is 2.27 bits per heavy atom. The van der Waals surface area contributed by atoms with Crippen LogP contribution in [0, 0.1) is 0 Å². The van der Waals surface area contributed by atoms with E-state index in [4.69, 9.17) is 5.14 Å². The molecule has 4 rings (SSSR count). The fourth-order valence-electron chi connectivity index (χ4n) is 3.44. The van der Waals surface area contributed by atoms with Crippen LogP contribution in [0.1, 0.15) is 12.6 Å². The molecule has 0 saturated heterocycles. The number of hydrogen-bond donors (Lipinski definition) is 1. The van der Waals surface area contributed by atoms with E-state index in [-0.39, 0.29) is 16.3 Å². The number of fused-ring (bicyclic) bond motifs is 1. The van der Waals surface area contributed by atoms with Gasteiger partial charge in [-0.3, -0.25) is 0 Å². The second-order valence-corrected chi connectivity index (χ2v) is 8.26. The quantitative estimate of drug-likeness (QED) is 0.523. The standard InChI is InChI=1S/C20H17F3N4O2S/c1-2-26-16-6-4-3-5-13(16)11-17(26)18-12-19(20(21,22)23)25-27(18)14-7-9-15(10-8-14)30(24,28)29/h3-12H,2H2,1H3,(H2,24,28,29). The van der Waals surface area contributed by atoms with Crippen molar-refractivity contribution in [3.63, 3.8) is 0 Å². The number of para-hydroxylation sites is 1. The summed E-state index contributed by atoms with van der Waals surface area (Å²) in [7, 11) is -3.92. The molecule has 0 aliphatic rings. The maximum Gasteiger partial charge on any atom is 0.435 e. The van der Waals surface area contributed by atoms with Gasteiger partial charge in [-0.25, -0.2) is 18.2 Å². The first kappa shape index (κ1) is 20.2. The lowest BCUT2D eigenvalue weighted by Gasteiger charge is -2.11. The van der Waals surface area contributed by atoms with Gasteiger partial charge in [0.2, 0.25) is 10.0 Å². The molecule has 0 fully saturated rings. The molecule has 6 nitrogen and oxygen atoms in total. The van der Waals surface area contributed by atoms with Crippen LogP contribution in [-0.4, -0.2) is 22.8 Å². The van der Waals surface area contributed by atoms with Gasteiger partial charge in [-0.15, -0.1) is 0 Å². The molecule has 2 heterocycles. The van der Waals surface area contributed by atoms with Gasteiger partial charge >= 0.3 is 6.18 Å². The molecule has 156 valence electrons. The van der Waals surface area contributed by atoms with Gasteiger partial charge < -0.3 is 4.57 Å². The smallest absolute Gasteiger partial charge is 0.340 e. The summed E-state index contributed by atoms with van der Waals surface area (Å²) in [5.41, 5.74) is 0.934. The molecule has 0 atom stereocenters. The van der Waals surface area contributed by atoms with Gasteiger partial charge in [0.25, 0.3) is 0 Å². The van der Waals surface area contributed by atoms with Crippen molar-refractivity contribution >= 4 is 20.9 Å². The Morgan fingerprint density at radius 2 is 1.67 bits per heavy atom. The largest absolute Gasteiger partial charge is 0.435 e. The number of nitrogens with two attached hydrogens (primary N) is 1. The fourth-order valence-corrected chi connectivity index (χ4v) is 3.95. The Bertz CT molecular complexity index is 1340. The van der Waals surface area contributed by atoms with Gasteiger partial charge in [0.05, 0.1) is 22.0 Å². The van der Waals surface area contributed by atoms with Crippen LogP contribution in [0.2, 0.25) is 0 Å². The van der Waals surface area contributed by atoms with Gasteiger partial charge in [-0.2, -0.15) is 18.3 Å². The monoisotopic (exact) mass is 434 g/mol. The van der Waals surface area contributed by atoms with E-state index in [0.29, 0.717) is 12.2 Å². The molecule has 0 radical (unpaired) electrons. The molecule has 4 aromatic rings. The third-order valence-electron chi connectivity index (χ3n) is 4.80. The van der Waals surface area contributed by atoms with E-state index >= 15 is 0 Å². The van der Waals surface area contributed by atoms with Gasteiger partial charge in [-0.05, 0) is 49.4 Å². The maximum atomic E-state index is 13.4. The first-order chi connectivity index (χ1) is 14.1. The highest BCUT2D eigenvalue weighted by atomic mass is 32.2. The molecule has 0 bridgehead atoms. The molecule has 2 N–H and O–H groups in total. The number of nitrogens with zero attached hydrogens (tertiary/aromatic N) is 3. The summed E-state index contributed by atoms with van der Waals surface area (Å²) in [6.07, 6.45) is -4.64. The van der Waals surface area contributed by atoms with Crippen LogP contribution in [0.4, 0.5) is 13.2 Å². The number of rotatable bonds is 4. The maximum absolute atomic E-state index is 13.4. The Morgan fingerprint density at radius 1 is 1.00 bits per heavy atom. The second kappa shape index (κ2) is 6.99. The number of hydrogen-bond acceptors (Lipinski definition) is 3. The minimum atomic E-state index is -4.64. The van der Waals surface area contributed by atoms with Gasteiger partial charge in [0, 0.05) is 17.4 Å². The Kier molecular flexibility index (Phi) is 4.70. The topological polar surface area (TPSA) is 82.9 Å². The van der Waals surface area contributed by atoms with Crippen LogP contribution < -0.4 is 5.14 Å². The molecule has 2 aromatic carbocycles. The van der Waals surface area contributed by atoms with E-state index < -0.39 is 21.9 Å². The van der Waals surface area contributed by atoms with E-state index in [1.807, 2.05) is 41.8 Å². The van der Waals surface area contributed by atoms with Crippen molar-refractivity contribution in [3.05, 3.63) is 66.4 Å². The average molecular weight is 434 g/mol. The van der Waals surface area contributed by atoms with Crippen molar-refractivity contribution in [2.75, 3.05) is 0 Å². The molecule has 0 saturated carbocycles. The third-order valence-corrected chi connectivity index (χ3v) is 5.73. The molecule has 10 heteroatoms. The van der Waals surface area contributed by atoms with Crippen molar-refractivity contribution in [2.24, 2.45) is 5.14 Å². The van der Waals surface area contributed by atoms with Crippen molar-refractivity contribution in [1.82, 2.24) is 14.3 Å². The average Bonchev–Trinajstić information content (AvgIpc) is 3.28. The first-order valence-corrected chi connectivity index (χ1v) is 10.5. The Balaban J connectivity index is 1.96. The highest BCUT2D eigenvalue weighted by molar-refractivity contribution is 7.89. The van der Waals surface area contributed by atoms with Crippen LogP contribution in [0.3, 0.4) is 0 Å². The van der Waals surface area contributed by atoms with Crippen molar-refractivity contribution in [1.29, 1.82) is 0 Å². The zero-order valence-corrected chi connectivity index (χ0v) is 16.6. The van der Waals surface area contributed by atoms with Crippen molar-refractivity contribution in [2.45, 2.75) is 24.5 Å². The summed E-state index contributed by atoms with van der Waals surface area (Å²) >= 11 is 0. The molecule has 0 aliphatic heterocycles. The van der Waals surface area contributed by atoms with Crippen LogP contribution in [-0.2, 0) is 22.7 Å². The van der Waals surface area contributed by atoms with E-state index in [9.17, 15) is 21.6 Å². The fraction of sp³-hybridized carbons (Fsp3) is 0.150. The molecule has 0 aliphatic carbocycles. The predicted molar refractivity (Wildman–Crippen MR) is 107 cm³/mol. The lowest BCUT2D eigenvalue weighted by molar-refractivity contribution is -0.141. The van der Waals surface area contributed by atoms with Crippen LogP contribution in [0.5, 0.6) is 0 Å². The normalized spacial score (nSPS) is 12.6. The number of benzene rings is 2. The Hall–Kier alpha value is -3.11. The van der Waals surface area contributed by atoms with Crippen LogP contribution >= 0.6 is 0 Å². The zero-order chi connectivity index (χ0) is 21.7. The van der Waals surface area contributed by atoms with E-state index in [2.05, 4.69) is 5.10 Å². The van der Waals surface area contributed by atoms with E-state index in [0.717, 1.165) is 21.7 Å². The van der Waals surface area contributed by atoms with Gasteiger partial charge in [0.1, 0.15) is 0 Å².